The maximum atomic E-state index is 15.3. The van der Waals surface area contributed by atoms with Gasteiger partial charge in [0.05, 0.1) is 23.4 Å². The first kappa shape index (κ1) is 28.3. The van der Waals surface area contributed by atoms with Crippen molar-refractivity contribution in [1.82, 2.24) is 29.7 Å². The first-order chi connectivity index (χ1) is 20.7. The van der Waals surface area contributed by atoms with Gasteiger partial charge in [-0.25, -0.2) is 19.3 Å². The molecule has 2 aliphatic heterocycles. The van der Waals surface area contributed by atoms with Crippen LogP contribution < -0.4 is 19.7 Å². The van der Waals surface area contributed by atoms with Crippen molar-refractivity contribution in [1.29, 1.82) is 0 Å². The number of likely N-dealkylation sites (N-methyl/N-ethyl adjacent to an activating group) is 1. The lowest BCUT2D eigenvalue weighted by Crippen LogP contribution is -2.56. The Kier molecular flexibility index (Phi) is 7.76. The van der Waals surface area contributed by atoms with Gasteiger partial charge in [0.1, 0.15) is 35.8 Å². The number of carbonyl (C=O) groups excluding carboxylic acids is 1. The highest BCUT2D eigenvalue weighted by Gasteiger charge is 2.35. The lowest BCUT2D eigenvalue weighted by atomic mass is 10.1. The first-order valence-corrected chi connectivity index (χ1v) is 14.1. The fraction of sp³-hybridized carbons (Fsp3) is 0.323. The van der Waals surface area contributed by atoms with Crippen LogP contribution in [0.1, 0.15) is 11.1 Å². The van der Waals surface area contributed by atoms with E-state index in [4.69, 9.17) is 14.5 Å². The average Bonchev–Trinajstić information content (AvgIpc) is 3.10. The molecule has 2 bridgehead atoms. The van der Waals surface area contributed by atoms with E-state index in [0.717, 1.165) is 11.1 Å². The topological polar surface area (TPSA) is 109 Å². The number of amides is 1. The van der Waals surface area contributed by atoms with Crippen LogP contribution >= 0.6 is 0 Å². The zero-order valence-corrected chi connectivity index (χ0v) is 24.5. The van der Waals surface area contributed by atoms with Gasteiger partial charge in [0.25, 0.3) is 0 Å². The van der Waals surface area contributed by atoms with Gasteiger partial charge in [0, 0.05) is 50.6 Å². The number of aryl methyl sites for hydroxylation is 2. The quantitative estimate of drug-likeness (QED) is 0.317. The summed E-state index contributed by atoms with van der Waals surface area (Å²) in [5.41, 5.74) is 2.94. The first-order valence-electron chi connectivity index (χ1n) is 14.1. The fourth-order valence-corrected chi connectivity index (χ4v) is 5.22. The Morgan fingerprint density at radius 2 is 2.05 bits per heavy atom. The zero-order valence-electron chi connectivity index (χ0n) is 24.5. The Morgan fingerprint density at radius 3 is 2.86 bits per heavy atom. The van der Waals surface area contributed by atoms with Crippen molar-refractivity contribution in [2.45, 2.75) is 19.9 Å². The van der Waals surface area contributed by atoms with E-state index in [9.17, 15) is 4.79 Å². The van der Waals surface area contributed by atoms with E-state index in [-0.39, 0.29) is 17.6 Å². The fourth-order valence-electron chi connectivity index (χ4n) is 5.22. The molecule has 1 amide bonds. The average molecular weight is 585 g/mol. The maximum Gasteiger partial charge on any atom is 0.246 e. The van der Waals surface area contributed by atoms with Gasteiger partial charge < -0.3 is 29.5 Å². The third-order valence-electron chi connectivity index (χ3n) is 7.38. The van der Waals surface area contributed by atoms with Gasteiger partial charge in [-0.3, -0.25) is 9.78 Å². The van der Waals surface area contributed by atoms with Crippen molar-refractivity contribution in [3.8, 4) is 17.2 Å². The number of rotatable bonds is 7. The molecule has 0 aliphatic carbocycles. The number of halogens is 1. The molecule has 3 aromatic heterocycles. The van der Waals surface area contributed by atoms with E-state index in [1.54, 1.807) is 24.5 Å². The number of ether oxygens (including phenoxy) is 2. The molecule has 0 saturated carbocycles. The van der Waals surface area contributed by atoms with E-state index in [1.165, 1.54) is 12.4 Å². The lowest BCUT2D eigenvalue weighted by Gasteiger charge is -2.39. The van der Waals surface area contributed by atoms with Crippen LogP contribution in [-0.2, 0) is 4.79 Å². The Morgan fingerprint density at radius 1 is 1.19 bits per heavy atom. The minimum absolute atomic E-state index is 0.0270. The number of carbonyl (C=O) groups is 1. The van der Waals surface area contributed by atoms with Crippen LogP contribution in [-0.4, -0.2) is 88.6 Å². The number of pyridine rings is 2. The Hall–Kier alpha value is -4.84. The number of piperazine rings is 1. The van der Waals surface area contributed by atoms with Crippen molar-refractivity contribution in [2.75, 3.05) is 57.1 Å². The molecule has 1 fully saturated rings. The second-order valence-electron chi connectivity index (χ2n) is 11.0. The third kappa shape index (κ3) is 6.05. The Balaban J connectivity index is 1.24. The van der Waals surface area contributed by atoms with E-state index in [1.807, 2.05) is 56.0 Å². The minimum atomic E-state index is -0.505. The van der Waals surface area contributed by atoms with Gasteiger partial charge in [-0.2, -0.15) is 0 Å². The van der Waals surface area contributed by atoms with Gasteiger partial charge in [-0.05, 0) is 51.2 Å². The monoisotopic (exact) mass is 584 g/mol. The molecular formula is C31H33FN8O3. The van der Waals surface area contributed by atoms with Gasteiger partial charge in [0.15, 0.2) is 17.4 Å². The molecule has 222 valence electrons. The smallest absolute Gasteiger partial charge is 0.246 e. The predicted octanol–water partition coefficient (Wildman–Crippen LogP) is 4.24. The highest BCUT2D eigenvalue weighted by molar-refractivity contribution is 5.91. The summed E-state index contributed by atoms with van der Waals surface area (Å²) in [6.07, 6.45) is 8.22. The van der Waals surface area contributed by atoms with Gasteiger partial charge in [-0.15, -0.1) is 0 Å². The van der Waals surface area contributed by atoms with E-state index < -0.39 is 5.82 Å². The molecule has 1 atom stereocenters. The molecule has 1 unspecified atom stereocenters. The van der Waals surface area contributed by atoms with Crippen LogP contribution in [0, 0.1) is 19.7 Å². The van der Waals surface area contributed by atoms with Crippen LogP contribution in [0.5, 0.6) is 17.2 Å². The van der Waals surface area contributed by atoms with Crippen LogP contribution in [0.3, 0.4) is 0 Å². The molecule has 1 saturated heterocycles. The Bertz CT molecular complexity index is 1710. The summed E-state index contributed by atoms with van der Waals surface area (Å²) in [6, 6.07) is 6.54. The van der Waals surface area contributed by atoms with Crippen molar-refractivity contribution >= 4 is 34.3 Å². The molecule has 2 aliphatic rings. The van der Waals surface area contributed by atoms with Crippen molar-refractivity contribution in [2.24, 2.45) is 0 Å². The molecule has 1 aromatic carbocycles. The summed E-state index contributed by atoms with van der Waals surface area (Å²) in [6.45, 7) is 6.52. The number of anilines is 3. The molecule has 0 spiro atoms. The van der Waals surface area contributed by atoms with Crippen LogP contribution in [0.2, 0.25) is 0 Å². The summed E-state index contributed by atoms with van der Waals surface area (Å²) in [5.74, 6) is 1.99. The second-order valence-corrected chi connectivity index (χ2v) is 11.0. The zero-order chi connectivity index (χ0) is 30.1. The SMILES string of the molecule is Cc1cncc(Oc2cc(F)c(Nc3ncnc4cc5c(nc34)N3CCN(C(=O)/C=C/CN(C)C)C(CO5)C3)cc2C)c1. The van der Waals surface area contributed by atoms with Crippen molar-refractivity contribution in [3.63, 3.8) is 0 Å². The number of fused-ring (bicyclic) bond motifs is 5. The van der Waals surface area contributed by atoms with Crippen LogP contribution in [0.4, 0.5) is 21.7 Å². The van der Waals surface area contributed by atoms with Crippen molar-refractivity contribution < 1.29 is 18.7 Å². The molecule has 11 nitrogen and oxygen atoms in total. The maximum absolute atomic E-state index is 15.3. The molecule has 5 heterocycles. The minimum Gasteiger partial charge on any atom is -0.487 e. The molecule has 1 N–H and O–H groups in total. The predicted molar refractivity (Wildman–Crippen MR) is 162 cm³/mol. The standard InChI is InChI=1S/C31H33FN8O3/c1-19-10-22(15-33-14-19)43-26-12-23(32)24(11-20(26)2)36-30-29-25(34-18-35-30)13-27-31(37-29)39-8-9-40(21(16-39)17-42-27)28(41)6-5-7-38(3)4/h5-6,10-15,18,21H,7-9,16-17H2,1-4H3,(H,34,35,36)/b6-5+. The largest absolute Gasteiger partial charge is 0.487 e. The number of nitrogens with zero attached hydrogens (tertiary/aromatic N) is 7. The third-order valence-corrected chi connectivity index (χ3v) is 7.38. The number of benzene rings is 1. The van der Waals surface area contributed by atoms with Gasteiger partial charge >= 0.3 is 0 Å². The molecule has 12 heteroatoms. The van der Waals surface area contributed by atoms with Gasteiger partial charge in [-0.1, -0.05) is 6.08 Å². The lowest BCUT2D eigenvalue weighted by molar-refractivity contribution is -0.129. The summed E-state index contributed by atoms with van der Waals surface area (Å²) in [4.78, 5) is 36.7. The van der Waals surface area contributed by atoms with Gasteiger partial charge in [0.2, 0.25) is 5.91 Å². The highest BCUT2D eigenvalue weighted by Crippen LogP contribution is 2.37. The molecular weight excluding hydrogens is 551 g/mol. The second kappa shape index (κ2) is 11.8. The molecule has 6 rings (SSSR count). The molecule has 0 radical (unpaired) electrons. The summed E-state index contributed by atoms with van der Waals surface area (Å²) in [7, 11) is 3.92. The Labute approximate surface area is 249 Å². The number of hydrogen-bond donors (Lipinski definition) is 1. The summed E-state index contributed by atoms with van der Waals surface area (Å²) in [5, 5.41) is 3.10. The van der Waals surface area contributed by atoms with E-state index in [2.05, 4.69) is 25.2 Å². The summed E-state index contributed by atoms with van der Waals surface area (Å²) < 4.78 is 27.4. The highest BCUT2D eigenvalue weighted by atomic mass is 19.1. The molecule has 4 aromatic rings. The van der Waals surface area contributed by atoms with E-state index in [0.29, 0.717) is 72.7 Å². The molecule has 43 heavy (non-hydrogen) atoms. The number of nitrogens with one attached hydrogen (secondary N) is 1. The van der Waals surface area contributed by atoms with Crippen molar-refractivity contribution in [3.05, 3.63) is 72.1 Å². The normalized spacial score (nSPS) is 16.3. The number of aromatic nitrogens is 4. The summed E-state index contributed by atoms with van der Waals surface area (Å²) >= 11 is 0. The van der Waals surface area contributed by atoms with Crippen LogP contribution in [0.25, 0.3) is 11.0 Å². The van der Waals surface area contributed by atoms with E-state index >= 15 is 4.39 Å². The number of hydrogen-bond acceptors (Lipinski definition) is 10. The van der Waals surface area contributed by atoms with Crippen LogP contribution in [0.15, 0.2) is 55.1 Å².